The summed E-state index contributed by atoms with van der Waals surface area (Å²) in [6.07, 6.45) is 1.61. The lowest BCUT2D eigenvalue weighted by atomic mass is 10.1. The Morgan fingerprint density at radius 3 is 2.33 bits per heavy atom. The van der Waals surface area contributed by atoms with Crippen molar-refractivity contribution in [3.8, 4) is 0 Å². The van der Waals surface area contributed by atoms with E-state index in [-0.39, 0.29) is 10.6 Å². The molecule has 0 saturated heterocycles. The molecule has 128 valence electrons. The first-order valence-electron chi connectivity index (χ1n) is 7.13. The predicted molar refractivity (Wildman–Crippen MR) is 94.6 cm³/mol. The van der Waals surface area contributed by atoms with Crippen LogP contribution in [0.5, 0.6) is 0 Å². The van der Waals surface area contributed by atoms with Crippen LogP contribution in [-0.4, -0.2) is 33.2 Å². The Morgan fingerprint density at radius 2 is 1.79 bits per heavy atom. The molecule has 2 rings (SSSR count). The number of para-hydroxylation sites is 1. The Labute approximate surface area is 145 Å². The van der Waals surface area contributed by atoms with E-state index in [9.17, 15) is 18.5 Å². The van der Waals surface area contributed by atoms with Gasteiger partial charge < -0.3 is 4.90 Å². The summed E-state index contributed by atoms with van der Waals surface area (Å²) >= 11 is 5.84. The van der Waals surface area contributed by atoms with Gasteiger partial charge in [0.1, 0.15) is 10.6 Å². The monoisotopic (exact) mass is 368 g/mol. The van der Waals surface area contributed by atoms with Crippen LogP contribution >= 0.6 is 11.6 Å². The van der Waals surface area contributed by atoms with Crippen LogP contribution in [-0.2, 0) is 16.3 Å². The molecule has 0 fully saturated rings. The zero-order chi connectivity index (χ0) is 17.9. The maximum Gasteiger partial charge on any atom is 0.311 e. The molecular formula is C16H17ClN2O4S. The molecule has 0 saturated carbocycles. The van der Waals surface area contributed by atoms with Crippen molar-refractivity contribution in [3.05, 3.63) is 63.2 Å². The highest BCUT2D eigenvalue weighted by Crippen LogP contribution is 2.34. The quantitative estimate of drug-likeness (QED) is 0.577. The molecule has 24 heavy (non-hydrogen) atoms. The fraction of sp³-hybridized carbons (Fsp3) is 0.250. The smallest absolute Gasteiger partial charge is 0.311 e. The molecule has 0 N–H and O–H groups in total. The van der Waals surface area contributed by atoms with E-state index in [1.165, 1.54) is 12.1 Å². The van der Waals surface area contributed by atoms with E-state index in [0.717, 1.165) is 11.8 Å². The van der Waals surface area contributed by atoms with E-state index >= 15 is 0 Å². The van der Waals surface area contributed by atoms with Crippen molar-refractivity contribution < 1.29 is 13.3 Å². The zero-order valence-electron chi connectivity index (χ0n) is 13.3. The summed E-state index contributed by atoms with van der Waals surface area (Å²) < 4.78 is 23.6. The van der Waals surface area contributed by atoms with Crippen molar-refractivity contribution in [1.82, 2.24) is 0 Å². The molecule has 0 spiro atoms. The van der Waals surface area contributed by atoms with E-state index in [0.29, 0.717) is 18.0 Å². The number of anilines is 1. The number of sulfone groups is 1. The second-order valence-electron chi connectivity index (χ2n) is 5.45. The summed E-state index contributed by atoms with van der Waals surface area (Å²) in [4.78, 5) is 12.2. The molecule has 0 unspecified atom stereocenters. The van der Waals surface area contributed by atoms with E-state index in [1.807, 2.05) is 12.1 Å². The van der Waals surface area contributed by atoms with Crippen LogP contribution in [0.25, 0.3) is 0 Å². The Hall–Kier alpha value is -2.12. The summed E-state index contributed by atoms with van der Waals surface area (Å²) in [6, 6.07) is 11.7. The SMILES string of the molecule is CN(CCc1ccc(Cl)cc1)c1cccc(S(C)(=O)=O)c1[N+](=O)[O-]. The molecule has 0 aromatic heterocycles. The van der Waals surface area contributed by atoms with Gasteiger partial charge in [0.2, 0.25) is 0 Å². The molecule has 0 atom stereocenters. The third-order valence-corrected chi connectivity index (χ3v) is 5.00. The van der Waals surface area contributed by atoms with Crippen molar-refractivity contribution in [3.63, 3.8) is 0 Å². The maximum atomic E-state index is 11.8. The van der Waals surface area contributed by atoms with Crippen LogP contribution in [0.4, 0.5) is 11.4 Å². The molecule has 0 radical (unpaired) electrons. The van der Waals surface area contributed by atoms with E-state index in [2.05, 4.69) is 0 Å². The molecule has 2 aromatic carbocycles. The molecule has 6 nitrogen and oxygen atoms in total. The van der Waals surface area contributed by atoms with Gasteiger partial charge in [-0.15, -0.1) is 0 Å². The highest BCUT2D eigenvalue weighted by atomic mass is 35.5. The number of halogens is 1. The largest absolute Gasteiger partial charge is 0.369 e. The van der Waals surface area contributed by atoms with Gasteiger partial charge in [-0.05, 0) is 36.2 Å². The van der Waals surface area contributed by atoms with Crippen LogP contribution in [0.15, 0.2) is 47.4 Å². The Balaban J connectivity index is 2.30. The van der Waals surface area contributed by atoms with Crippen LogP contribution in [0.3, 0.4) is 0 Å². The lowest BCUT2D eigenvalue weighted by Gasteiger charge is -2.20. The number of benzene rings is 2. The average molecular weight is 369 g/mol. The molecule has 2 aromatic rings. The average Bonchev–Trinajstić information content (AvgIpc) is 2.52. The number of hydrogen-bond acceptors (Lipinski definition) is 5. The number of nitro benzene ring substituents is 1. The van der Waals surface area contributed by atoms with Crippen molar-refractivity contribution >= 4 is 32.8 Å². The van der Waals surface area contributed by atoms with E-state index in [4.69, 9.17) is 11.6 Å². The van der Waals surface area contributed by atoms with Crippen molar-refractivity contribution in [1.29, 1.82) is 0 Å². The van der Waals surface area contributed by atoms with Crippen molar-refractivity contribution in [2.75, 3.05) is 24.7 Å². The third kappa shape index (κ3) is 4.24. The fourth-order valence-electron chi connectivity index (χ4n) is 2.37. The number of hydrogen-bond donors (Lipinski definition) is 0. The van der Waals surface area contributed by atoms with Gasteiger partial charge in [0.15, 0.2) is 9.84 Å². The van der Waals surface area contributed by atoms with Gasteiger partial charge in [-0.2, -0.15) is 0 Å². The normalized spacial score (nSPS) is 11.3. The minimum Gasteiger partial charge on any atom is -0.369 e. The first-order chi connectivity index (χ1) is 11.2. The Bertz CT molecular complexity index is 851. The molecule has 0 aliphatic heterocycles. The molecule has 0 aliphatic carbocycles. The van der Waals surface area contributed by atoms with E-state index in [1.54, 1.807) is 30.1 Å². The third-order valence-electron chi connectivity index (χ3n) is 3.62. The lowest BCUT2D eigenvalue weighted by Crippen LogP contribution is -2.22. The molecule has 8 heteroatoms. The first kappa shape index (κ1) is 18.2. The first-order valence-corrected chi connectivity index (χ1v) is 9.40. The molecule has 0 amide bonds. The van der Waals surface area contributed by atoms with Gasteiger partial charge in [-0.3, -0.25) is 10.1 Å². The Kier molecular flexibility index (Phi) is 5.46. The fourth-order valence-corrected chi connectivity index (χ4v) is 3.35. The second-order valence-corrected chi connectivity index (χ2v) is 7.87. The van der Waals surface area contributed by atoms with Crippen molar-refractivity contribution in [2.24, 2.45) is 0 Å². The summed E-state index contributed by atoms with van der Waals surface area (Å²) in [5.74, 6) is 0. The maximum absolute atomic E-state index is 11.8. The highest BCUT2D eigenvalue weighted by Gasteiger charge is 2.27. The number of nitrogens with zero attached hydrogens (tertiary/aromatic N) is 2. The summed E-state index contributed by atoms with van der Waals surface area (Å²) in [5, 5.41) is 12.0. The zero-order valence-corrected chi connectivity index (χ0v) is 14.8. The van der Waals surface area contributed by atoms with Crippen LogP contribution in [0, 0.1) is 10.1 Å². The number of nitro groups is 1. The minimum absolute atomic E-state index is 0.275. The van der Waals surface area contributed by atoms with Crippen molar-refractivity contribution in [2.45, 2.75) is 11.3 Å². The molecule has 0 heterocycles. The van der Waals surface area contributed by atoms with Gasteiger partial charge >= 0.3 is 5.69 Å². The molecule has 0 aliphatic rings. The summed E-state index contributed by atoms with van der Waals surface area (Å²) in [7, 11) is -1.99. The number of likely N-dealkylation sites (N-methyl/N-ethyl adjacent to an activating group) is 1. The van der Waals surface area contributed by atoms with Gasteiger partial charge in [-0.25, -0.2) is 8.42 Å². The van der Waals surface area contributed by atoms with E-state index < -0.39 is 20.4 Å². The van der Waals surface area contributed by atoms with Gasteiger partial charge in [-0.1, -0.05) is 29.8 Å². The van der Waals surface area contributed by atoms with Crippen LogP contribution < -0.4 is 4.90 Å². The predicted octanol–water partition coefficient (Wildman–Crippen LogP) is 3.33. The number of rotatable bonds is 6. The van der Waals surface area contributed by atoms with Gasteiger partial charge in [0.25, 0.3) is 0 Å². The van der Waals surface area contributed by atoms with Crippen LogP contribution in [0.1, 0.15) is 5.56 Å². The van der Waals surface area contributed by atoms with Gasteiger partial charge in [0, 0.05) is 24.9 Å². The highest BCUT2D eigenvalue weighted by molar-refractivity contribution is 7.90. The Morgan fingerprint density at radius 1 is 1.17 bits per heavy atom. The standard InChI is InChI=1S/C16H17ClN2O4S/c1-18(11-10-12-6-8-13(17)9-7-12)14-4-3-5-15(24(2,22)23)16(14)19(20)21/h3-9H,10-11H2,1-2H3. The van der Waals surface area contributed by atoms with Crippen LogP contribution in [0.2, 0.25) is 5.02 Å². The topological polar surface area (TPSA) is 80.5 Å². The molecular weight excluding hydrogens is 352 g/mol. The minimum atomic E-state index is -3.69. The van der Waals surface area contributed by atoms with Gasteiger partial charge in [0.05, 0.1) is 4.92 Å². The summed E-state index contributed by atoms with van der Waals surface area (Å²) in [5.41, 5.74) is 0.920. The lowest BCUT2D eigenvalue weighted by molar-refractivity contribution is -0.387. The summed E-state index contributed by atoms with van der Waals surface area (Å²) in [6.45, 7) is 0.496. The molecule has 0 bridgehead atoms. The second kappa shape index (κ2) is 7.19.